The standard InChI is InChI=1S/C19H15ClF3N5O2/c1-28-10-14(9-24-28)25-17(29)11-3-2-4-12(7-11)26-18(30)27-13-5-6-16(20)15(8-13)19(21,22)23/h2-10H,1H3,(H,25,29)(H2,26,27,30). The number of aromatic nitrogens is 2. The number of anilines is 3. The van der Waals surface area contributed by atoms with E-state index in [0.29, 0.717) is 5.69 Å². The highest BCUT2D eigenvalue weighted by atomic mass is 35.5. The average molecular weight is 438 g/mol. The van der Waals surface area contributed by atoms with E-state index < -0.39 is 28.7 Å². The fourth-order valence-corrected chi connectivity index (χ4v) is 2.77. The number of halogens is 4. The molecule has 0 bridgehead atoms. The fourth-order valence-electron chi connectivity index (χ4n) is 2.54. The van der Waals surface area contributed by atoms with Crippen LogP contribution in [0, 0.1) is 0 Å². The first-order valence-corrected chi connectivity index (χ1v) is 8.84. The van der Waals surface area contributed by atoms with E-state index in [1.807, 2.05) is 0 Å². The van der Waals surface area contributed by atoms with Crippen LogP contribution in [0.3, 0.4) is 0 Å². The number of hydrogen-bond donors (Lipinski definition) is 3. The monoisotopic (exact) mass is 437 g/mol. The SMILES string of the molecule is Cn1cc(NC(=O)c2cccc(NC(=O)Nc3ccc(Cl)c(C(F)(F)F)c3)c2)cn1. The van der Waals surface area contributed by atoms with Crippen LogP contribution in [0.25, 0.3) is 0 Å². The van der Waals surface area contributed by atoms with E-state index in [1.165, 1.54) is 29.1 Å². The average Bonchev–Trinajstić information content (AvgIpc) is 3.07. The van der Waals surface area contributed by atoms with Crippen LogP contribution in [0.1, 0.15) is 15.9 Å². The lowest BCUT2D eigenvalue weighted by Crippen LogP contribution is -2.20. The summed E-state index contributed by atoms with van der Waals surface area (Å²) in [4.78, 5) is 24.5. The molecule has 0 radical (unpaired) electrons. The third-order valence-corrected chi connectivity index (χ3v) is 4.20. The Balaban J connectivity index is 1.67. The van der Waals surface area contributed by atoms with Gasteiger partial charge in [-0.25, -0.2) is 4.79 Å². The van der Waals surface area contributed by atoms with Crippen LogP contribution in [0.2, 0.25) is 5.02 Å². The van der Waals surface area contributed by atoms with E-state index in [9.17, 15) is 22.8 Å². The van der Waals surface area contributed by atoms with Crippen molar-refractivity contribution in [2.24, 2.45) is 7.05 Å². The first-order chi connectivity index (χ1) is 14.1. The van der Waals surface area contributed by atoms with Crippen LogP contribution in [0.5, 0.6) is 0 Å². The van der Waals surface area contributed by atoms with Gasteiger partial charge in [-0.2, -0.15) is 18.3 Å². The van der Waals surface area contributed by atoms with Gasteiger partial charge in [0.25, 0.3) is 5.91 Å². The summed E-state index contributed by atoms with van der Waals surface area (Å²) in [5.74, 6) is -0.417. The Labute approximate surface area is 173 Å². The minimum atomic E-state index is -4.65. The third-order valence-electron chi connectivity index (χ3n) is 3.88. The van der Waals surface area contributed by atoms with E-state index in [2.05, 4.69) is 21.0 Å². The molecule has 0 fully saturated rings. The molecular formula is C19H15ClF3N5O2. The summed E-state index contributed by atoms with van der Waals surface area (Å²) < 4.78 is 40.3. The molecular weight excluding hydrogens is 423 g/mol. The summed E-state index contributed by atoms with van der Waals surface area (Å²) in [5, 5.41) is 10.9. The number of amides is 3. The molecule has 0 spiro atoms. The highest BCUT2D eigenvalue weighted by Gasteiger charge is 2.33. The van der Waals surface area contributed by atoms with Crippen molar-refractivity contribution in [1.82, 2.24) is 9.78 Å². The maximum absolute atomic E-state index is 12.9. The van der Waals surface area contributed by atoms with Crippen LogP contribution in [0.15, 0.2) is 54.9 Å². The molecule has 3 N–H and O–H groups in total. The number of carbonyl (C=O) groups excluding carboxylic acids is 2. The van der Waals surface area contributed by atoms with Gasteiger partial charge in [-0.3, -0.25) is 9.48 Å². The summed E-state index contributed by atoms with van der Waals surface area (Å²) >= 11 is 5.56. The minimum Gasteiger partial charge on any atom is -0.319 e. The quantitative estimate of drug-likeness (QED) is 0.537. The Morgan fingerprint density at radius 2 is 1.70 bits per heavy atom. The number of hydrogen-bond acceptors (Lipinski definition) is 3. The van der Waals surface area contributed by atoms with Gasteiger partial charge in [0.1, 0.15) is 0 Å². The molecule has 0 saturated heterocycles. The highest BCUT2D eigenvalue weighted by Crippen LogP contribution is 2.36. The van der Waals surface area contributed by atoms with Crippen molar-refractivity contribution in [3.63, 3.8) is 0 Å². The van der Waals surface area contributed by atoms with Gasteiger partial charge in [-0.1, -0.05) is 17.7 Å². The predicted octanol–water partition coefficient (Wildman–Crippen LogP) is 4.99. The van der Waals surface area contributed by atoms with Gasteiger partial charge in [0, 0.05) is 30.2 Å². The van der Waals surface area contributed by atoms with Gasteiger partial charge in [0.2, 0.25) is 0 Å². The zero-order valence-corrected chi connectivity index (χ0v) is 16.2. The molecule has 30 heavy (non-hydrogen) atoms. The van der Waals surface area contributed by atoms with Gasteiger partial charge in [-0.05, 0) is 36.4 Å². The zero-order valence-electron chi connectivity index (χ0n) is 15.4. The number of benzene rings is 2. The lowest BCUT2D eigenvalue weighted by Gasteiger charge is -2.12. The Morgan fingerprint density at radius 3 is 2.33 bits per heavy atom. The maximum Gasteiger partial charge on any atom is 0.417 e. The van der Waals surface area contributed by atoms with Crippen LogP contribution in [-0.2, 0) is 13.2 Å². The number of nitrogens with one attached hydrogen (secondary N) is 3. The summed E-state index contributed by atoms with van der Waals surface area (Å²) in [7, 11) is 1.71. The van der Waals surface area contributed by atoms with Crippen LogP contribution >= 0.6 is 11.6 Å². The van der Waals surface area contributed by atoms with E-state index >= 15 is 0 Å². The summed E-state index contributed by atoms with van der Waals surface area (Å²) in [5.41, 5.74) is -0.105. The van der Waals surface area contributed by atoms with Crippen molar-refractivity contribution < 1.29 is 22.8 Å². The van der Waals surface area contributed by atoms with Gasteiger partial charge in [0.05, 0.1) is 22.5 Å². The predicted molar refractivity (Wildman–Crippen MR) is 107 cm³/mol. The largest absolute Gasteiger partial charge is 0.417 e. The number of aryl methyl sites for hydroxylation is 1. The normalized spacial score (nSPS) is 11.1. The Bertz CT molecular complexity index is 1100. The van der Waals surface area contributed by atoms with Gasteiger partial charge in [-0.15, -0.1) is 0 Å². The van der Waals surface area contributed by atoms with Crippen molar-refractivity contribution in [2.45, 2.75) is 6.18 Å². The van der Waals surface area contributed by atoms with Crippen molar-refractivity contribution in [3.8, 4) is 0 Å². The molecule has 11 heteroatoms. The van der Waals surface area contributed by atoms with Gasteiger partial charge >= 0.3 is 12.2 Å². The summed E-state index contributed by atoms with van der Waals surface area (Å²) in [6.45, 7) is 0. The number of urea groups is 1. The summed E-state index contributed by atoms with van der Waals surface area (Å²) in [6, 6.07) is 8.30. The molecule has 7 nitrogen and oxygen atoms in total. The highest BCUT2D eigenvalue weighted by molar-refractivity contribution is 6.31. The molecule has 0 aliphatic heterocycles. The number of carbonyl (C=O) groups is 2. The Kier molecular flexibility index (Phi) is 5.97. The van der Waals surface area contributed by atoms with Crippen LogP contribution in [-0.4, -0.2) is 21.7 Å². The topological polar surface area (TPSA) is 88.0 Å². The first-order valence-electron chi connectivity index (χ1n) is 8.46. The molecule has 0 saturated carbocycles. The molecule has 0 unspecified atom stereocenters. The second kappa shape index (κ2) is 8.46. The molecule has 3 aromatic rings. The smallest absolute Gasteiger partial charge is 0.319 e. The van der Waals surface area contributed by atoms with E-state index in [-0.39, 0.29) is 16.9 Å². The van der Waals surface area contributed by atoms with Crippen molar-refractivity contribution in [1.29, 1.82) is 0 Å². The lowest BCUT2D eigenvalue weighted by molar-refractivity contribution is -0.137. The van der Waals surface area contributed by atoms with Crippen molar-refractivity contribution in [3.05, 3.63) is 71.0 Å². The van der Waals surface area contributed by atoms with Gasteiger partial charge < -0.3 is 16.0 Å². The van der Waals surface area contributed by atoms with Crippen LogP contribution < -0.4 is 16.0 Å². The minimum absolute atomic E-state index is 0.0882. The van der Waals surface area contributed by atoms with Crippen molar-refractivity contribution >= 4 is 40.6 Å². The molecule has 156 valence electrons. The molecule has 2 aromatic carbocycles. The first kappa shape index (κ1) is 21.2. The molecule has 3 rings (SSSR count). The molecule has 0 aliphatic rings. The molecule has 1 aromatic heterocycles. The van der Waals surface area contributed by atoms with E-state index in [4.69, 9.17) is 11.6 Å². The third kappa shape index (κ3) is 5.29. The lowest BCUT2D eigenvalue weighted by atomic mass is 10.2. The Morgan fingerprint density at radius 1 is 1.00 bits per heavy atom. The number of rotatable bonds is 4. The van der Waals surface area contributed by atoms with Crippen LogP contribution in [0.4, 0.5) is 35.0 Å². The number of alkyl halides is 3. The second-order valence-corrected chi connectivity index (χ2v) is 6.62. The van der Waals surface area contributed by atoms with E-state index in [1.54, 1.807) is 25.4 Å². The Hall–Kier alpha value is -3.53. The van der Waals surface area contributed by atoms with Gasteiger partial charge in [0.15, 0.2) is 0 Å². The summed E-state index contributed by atoms with van der Waals surface area (Å²) in [6.07, 6.45) is -1.55. The molecule has 0 atom stereocenters. The maximum atomic E-state index is 12.9. The number of nitrogens with zero attached hydrogens (tertiary/aromatic N) is 2. The van der Waals surface area contributed by atoms with E-state index in [0.717, 1.165) is 12.1 Å². The fraction of sp³-hybridized carbons (Fsp3) is 0.105. The van der Waals surface area contributed by atoms with Crippen molar-refractivity contribution in [2.75, 3.05) is 16.0 Å². The molecule has 3 amide bonds. The molecule has 0 aliphatic carbocycles. The molecule has 1 heterocycles. The zero-order chi connectivity index (χ0) is 21.9. The second-order valence-electron chi connectivity index (χ2n) is 6.21.